The number of β-amino-alcohol motifs (C(OH)–C–C–N with tert-alkyl or cyclic N) is 1. The smallest absolute Gasteiger partial charge is 0.255 e. The van der Waals surface area contributed by atoms with Crippen LogP contribution in [0.25, 0.3) is 11.4 Å². The molecule has 1 aliphatic heterocycles. The molecule has 0 bridgehead atoms. The van der Waals surface area contributed by atoms with Gasteiger partial charge in [0.1, 0.15) is 6.33 Å². The van der Waals surface area contributed by atoms with Gasteiger partial charge in [0.2, 0.25) is 5.95 Å². The van der Waals surface area contributed by atoms with Gasteiger partial charge in [-0.15, -0.1) is 0 Å². The summed E-state index contributed by atoms with van der Waals surface area (Å²) in [5.41, 5.74) is 1.51. The fraction of sp³-hybridized carbons (Fsp3) is 0.333. The van der Waals surface area contributed by atoms with Crippen molar-refractivity contribution in [1.82, 2.24) is 19.5 Å². The van der Waals surface area contributed by atoms with E-state index in [1.54, 1.807) is 16.8 Å². The fourth-order valence-corrected chi connectivity index (χ4v) is 4.01. The SMILES string of the molecule is CC1(C)CCn2c(nc(-c3ccncn3)cc2=O)N1CC(O)c1cccc(Br)c1. The lowest BCUT2D eigenvalue weighted by molar-refractivity contribution is 0.168. The molecular weight excluding hydrogens is 434 g/mol. The minimum absolute atomic E-state index is 0.124. The van der Waals surface area contributed by atoms with Crippen molar-refractivity contribution in [2.45, 2.75) is 38.5 Å². The molecule has 4 rings (SSSR count). The van der Waals surface area contributed by atoms with Crippen LogP contribution in [0.2, 0.25) is 0 Å². The molecule has 1 N–H and O–H groups in total. The van der Waals surface area contributed by atoms with E-state index < -0.39 is 6.10 Å². The first kappa shape index (κ1) is 19.7. The zero-order valence-electron chi connectivity index (χ0n) is 16.3. The third-order valence-corrected chi connectivity index (χ3v) is 5.83. The quantitative estimate of drug-likeness (QED) is 0.650. The minimum Gasteiger partial charge on any atom is -0.387 e. The summed E-state index contributed by atoms with van der Waals surface area (Å²) in [4.78, 5) is 27.7. The van der Waals surface area contributed by atoms with Crippen molar-refractivity contribution in [3.8, 4) is 11.4 Å². The summed E-state index contributed by atoms with van der Waals surface area (Å²) in [6, 6.07) is 10.9. The average molecular weight is 456 g/mol. The molecule has 1 atom stereocenters. The maximum Gasteiger partial charge on any atom is 0.255 e. The highest BCUT2D eigenvalue weighted by Gasteiger charge is 2.36. The fourth-order valence-electron chi connectivity index (χ4n) is 3.60. The second kappa shape index (κ2) is 7.68. The number of anilines is 1. The molecule has 0 fully saturated rings. The van der Waals surface area contributed by atoms with Crippen LogP contribution < -0.4 is 10.5 Å². The monoisotopic (exact) mass is 455 g/mol. The Balaban J connectivity index is 1.76. The average Bonchev–Trinajstić information content (AvgIpc) is 2.70. The van der Waals surface area contributed by atoms with Gasteiger partial charge in [0.25, 0.3) is 5.56 Å². The zero-order valence-corrected chi connectivity index (χ0v) is 17.9. The Kier molecular flexibility index (Phi) is 5.23. The number of hydrogen-bond donors (Lipinski definition) is 1. The molecule has 7 nitrogen and oxygen atoms in total. The van der Waals surface area contributed by atoms with Crippen LogP contribution in [0.3, 0.4) is 0 Å². The van der Waals surface area contributed by atoms with Crippen LogP contribution in [0.15, 0.2) is 58.2 Å². The Morgan fingerprint density at radius 3 is 2.79 bits per heavy atom. The number of hydrogen-bond acceptors (Lipinski definition) is 6. The summed E-state index contributed by atoms with van der Waals surface area (Å²) in [6.45, 7) is 5.12. The van der Waals surface area contributed by atoms with E-state index in [2.05, 4.69) is 39.7 Å². The largest absolute Gasteiger partial charge is 0.387 e. The highest BCUT2D eigenvalue weighted by atomic mass is 79.9. The van der Waals surface area contributed by atoms with Crippen molar-refractivity contribution in [1.29, 1.82) is 0 Å². The van der Waals surface area contributed by atoms with Gasteiger partial charge in [-0.1, -0.05) is 28.1 Å². The Bertz CT molecular complexity index is 1080. The van der Waals surface area contributed by atoms with Crippen LogP contribution in [-0.2, 0) is 6.54 Å². The van der Waals surface area contributed by atoms with Gasteiger partial charge in [0, 0.05) is 28.8 Å². The third-order valence-electron chi connectivity index (χ3n) is 5.34. The van der Waals surface area contributed by atoms with Gasteiger partial charge in [-0.05, 0) is 44.0 Å². The van der Waals surface area contributed by atoms with E-state index in [1.165, 1.54) is 12.4 Å². The van der Waals surface area contributed by atoms with Crippen molar-refractivity contribution >= 4 is 21.9 Å². The van der Waals surface area contributed by atoms with Gasteiger partial charge in [-0.2, -0.15) is 0 Å². The molecule has 8 heteroatoms. The van der Waals surface area contributed by atoms with Crippen LogP contribution >= 0.6 is 15.9 Å². The van der Waals surface area contributed by atoms with E-state index in [4.69, 9.17) is 4.98 Å². The lowest BCUT2D eigenvalue weighted by Crippen LogP contribution is -2.53. The number of aliphatic hydroxyl groups is 1. The maximum absolute atomic E-state index is 12.8. The molecule has 0 amide bonds. The molecule has 0 saturated carbocycles. The number of aromatic nitrogens is 4. The van der Waals surface area contributed by atoms with Gasteiger partial charge < -0.3 is 10.0 Å². The summed E-state index contributed by atoms with van der Waals surface area (Å²) in [7, 11) is 0. The Morgan fingerprint density at radius 1 is 1.24 bits per heavy atom. The van der Waals surface area contributed by atoms with Gasteiger partial charge in [0.15, 0.2) is 0 Å². The highest BCUT2D eigenvalue weighted by Crippen LogP contribution is 2.33. The lowest BCUT2D eigenvalue weighted by Gasteiger charge is -2.45. The molecule has 29 heavy (non-hydrogen) atoms. The van der Waals surface area contributed by atoms with E-state index >= 15 is 0 Å². The van der Waals surface area contributed by atoms with Crippen molar-refractivity contribution < 1.29 is 5.11 Å². The van der Waals surface area contributed by atoms with Crippen LogP contribution in [0.5, 0.6) is 0 Å². The molecule has 150 valence electrons. The number of nitrogens with zero attached hydrogens (tertiary/aromatic N) is 5. The zero-order chi connectivity index (χ0) is 20.6. The van der Waals surface area contributed by atoms with E-state index in [1.807, 2.05) is 29.2 Å². The Hall–Kier alpha value is -2.58. The van der Waals surface area contributed by atoms with Gasteiger partial charge in [0.05, 0.1) is 24.0 Å². The van der Waals surface area contributed by atoms with Gasteiger partial charge >= 0.3 is 0 Å². The third kappa shape index (κ3) is 3.95. The standard InChI is InChI=1S/C21H22BrN5O2/c1-21(2)7-9-26-19(29)11-17(16-6-8-23-13-24-16)25-20(26)27(21)12-18(28)14-4-3-5-15(22)10-14/h3-6,8,10-11,13,18,28H,7,9,12H2,1-2H3. The second-order valence-electron chi connectivity index (χ2n) is 7.77. The lowest BCUT2D eigenvalue weighted by atomic mass is 9.95. The molecule has 3 heterocycles. The molecule has 0 saturated heterocycles. The Labute approximate surface area is 177 Å². The summed E-state index contributed by atoms with van der Waals surface area (Å²) >= 11 is 3.45. The van der Waals surface area contributed by atoms with Crippen molar-refractivity contribution in [2.24, 2.45) is 0 Å². The molecule has 1 aliphatic rings. The summed E-state index contributed by atoms with van der Waals surface area (Å²) in [5.74, 6) is 0.552. The molecule has 1 unspecified atom stereocenters. The summed E-state index contributed by atoms with van der Waals surface area (Å²) < 4.78 is 2.58. The van der Waals surface area contributed by atoms with E-state index in [0.29, 0.717) is 30.4 Å². The van der Waals surface area contributed by atoms with Crippen LogP contribution in [-0.4, -0.2) is 36.7 Å². The number of rotatable bonds is 4. The number of benzene rings is 1. The highest BCUT2D eigenvalue weighted by molar-refractivity contribution is 9.10. The molecule has 2 aromatic heterocycles. The number of aliphatic hydroxyl groups excluding tert-OH is 1. The van der Waals surface area contributed by atoms with Crippen LogP contribution in [0.4, 0.5) is 5.95 Å². The van der Waals surface area contributed by atoms with Gasteiger partial charge in [-0.25, -0.2) is 15.0 Å². The predicted molar refractivity (Wildman–Crippen MR) is 115 cm³/mol. The molecular formula is C21H22BrN5O2. The van der Waals surface area contributed by atoms with Gasteiger partial charge in [-0.3, -0.25) is 9.36 Å². The molecule has 0 aliphatic carbocycles. The van der Waals surface area contributed by atoms with E-state index in [9.17, 15) is 9.90 Å². The molecule has 1 aromatic carbocycles. The van der Waals surface area contributed by atoms with Crippen molar-refractivity contribution in [3.63, 3.8) is 0 Å². The van der Waals surface area contributed by atoms with Crippen molar-refractivity contribution in [2.75, 3.05) is 11.4 Å². The topological polar surface area (TPSA) is 84.1 Å². The normalized spacial score (nSPS) is 16.3. The minimum atomic E-state index is -0.724. The maximum atomic E-state index is 12.8. The molecule has 3 aromatic rings. The second-order valence-corrected chi connectivity index (χ2v) is 8.69. The van der Waals surface area contributed by atoms with Crippen molar-refractivity contribution in [3.05, 3.63) is 69.3 Å². The van der Waals surface area contributed by atoms with E-state index in [-0.39, 0.29) is 11.1 Å². The summed E-state index contributed by atoms with van der Waals surface area (Å²) in [5, 5.41) is 10.9. The predicted octanol–water partition coefficient (Wildman–Crippen LogP) is 3.19. The first-order valence-corrected chi connectivity index (χ1v) is 10.2. The number of fused-ring (bicyclic) bond motifs is 1. The Morgan fingerprint density at radius 2 is 2.07 bits per heavy atom. The first-order chi connectivity index (χ1) is 13.8. The van der Waals surface area contributed by atoms with E-state index in [0.717, 1.165) is 16.5 Å². The number of halogens is 1. The summed E-state index contributed by atoms with van der Waals surface area (Å²) in [6.07, 6.45) is 3.12. The van der Waals surface area contributed by atoms with Crippen LogP contribution in [0, 0.1) is 0 Å². The molecule has 0 radical (unpaired) electrons. The van der Waals surface area contributed by atoms with Crippen LogP contribution in [0.1, 0.15) is 31.9 Å². The molecule has 0 spiro atoms. The first-order valence-electron chi connectivity index (χ1n) is 9.44.